The summed E-state index contributed by atoms with van der Waals surface area (Å²) in [5, 5.41) is 3.01. The highest BCUT2D eigenvalue weighted by Gasteiger charge is 2.46. The predicted molar refractivity (Wildman–Crippen MR) is 68.6 cm³/mol. The van der Waals surface area contributed by atoms with Gasteiger partial charge < -0.3 is 15.8 Å². The van der Waals surface area contributed by atoms with Crippen LogP contribution >= 0.6 is 0 Å². The molecule has 0 heterocycles. The summed E-state index contributed by atoms with van der Waals surface area (Å²) in [4.78, 5) is 12.0. The zero-order valence-corrected chi connectivity index (χ0v) is 11.1. The standard InChI is InChI=1S/C13H26N2O2/c1-11-8-13(9-11,10-14)12(16)15-6-4-3-5-7-17-2/h11H,3-10,14H2,1-2H3,(H,15,16). The number of hydrogen-bond acceptors (Lipinski definition) is 3. The lowest BCUT2D eigenvalue weighted by atomic mass is 9.62. The van der Waals surface area contributed by atoms with Crippen molar-refractivity contribution in [3.63, 3.8) is 0 Å². The quantitative estimate of drug-likeness (QED) is 0.630. The minimum atomic E-state index is -0.258. The first-order chi connectivity index (χ1) is 8.14. The van der Waals surface area contributed by atoms with Crippen LogP contribution in [-0.2, 0) is 9.53 Å². The van der Waals surface area contributed by atoms with Gasteiger partial charge in [0.05, 0.1) is 5.41 Å². The van der Waals surface area contributed by atoms with Crippen molar-refractivity contribution in [2.75, 3.05) is 26.8 Å². The molecule has 0 aliphatic heterocycles. The topological polar surface area (TPSA) is 64.3 Å². The Hall–Kier alpha value is -0.610. The Kier molecular flexibility index (Phi) is 5.92. The zero-order valence-electron chi connectivity index (χ0n) is 11.1. The summed E-state index contributed by atoms with van der Waals surface area (Å²) in [6, 6.07) is 0. The van der Waals surface area contributed by atoms with Gasteiger partial charge >= 0.3 is 0 Å². The number of methoxy groups -OCH3 is 1. The van der Waals surface area contributed by atoms with E-state index in [0.717, 1.165) is 45.3 Å². The van der Waals surface area contributed by atoms with Crippen molar-refractivity contribution in [1.29, 1.82) is 0 Å². The van der Waals surface area contributed by atoms with E-state index in [1.165, 1.54) is 0 Å². The van der Waals surface area contributed by atoms with Gasteiger partial charge in [0.25, 0.3) is 0 Å². The molecule has 0 radical (unpaired) electrons. The second-order valence-corrected chi connectivity index (χ2v) is 5.31. The average Bonchev–Trinajstić information content (AvgIpc) is 2.29. The van der Waals surface area contributed by atoms with Gasteiger partial charge in [-0.1, -0.05) is 6.92 Å². The van der Waals surface area contributed by atoms with Crippen molar-refractivity contribution in [2.24, 2.45) is 17.1 Å². The van der Waals surface area contributed by atoms with Crippen LogP contribution in [-0.4, -0.2) is 32.7 Å². The van der Waals surface area contributed by atoms with Gasteiger partial charge in [0, 0.05) is 26.8 Å². The second-order valence-electron chi connectivity index (χ2n) is 5.31. The molecule has 0 aromatic rings. The van der Waals surface area contributed by atoms with E-state index in [0.29, 0.717) is 12.5 Å². The van der Waals surface area contributed by atoms with Gasteiger partial charge in [0.1, 0.15) is 0 Å². The van der Waals surface area contributed by atoms with Crippen LogP contribution in [0.5, 0.6) is 0 Å². The summed E-state index contributed by atoms with van der Waals surface area (Å²) < 4.78 is 4.98. The SMILES string of the molecule is COCCCCCNC(=O)C1(CN)CC(C)C1. The van der Waals surface area contributed by atoms with Gasteiger partial charge in [0.15, 0.2) is 0 Å². The number of nitrogens with two attached hydrogens (primary N) is 1. The van der Waals surface area contributed by atoms with Gasteiger partial charge in [-0.25, -0.2) is 0 Å². The normalized spacial score (nSPS) is 27.6. The molecule has 17 heavy (non-hydrogen) atoms. The van der Waals surface area contributed by atoms with Crippen molar-refractivity contribution < 1.29 is 9.53 Å². The second kappa shape index (κ2) is 6.97. The van der Waals surface area contributed by atoms with E-state index in [2.05, 4.69) is 12.2 Å². The fraction of sp³-hybridized carbons (Fsp3) is 0.923. The lowest BCUT2D eigenvalue weighted by Crippen LogP contribution is -2.53. The maximum atomic E-state index is 12.0. The Morgan fingerprint density at radius 2 is 2.12 bits per heavy atom. The average molecular weight is 242 g/mol. The fourth-order valence-corrected chi connectivity index (χ4v) is 2.66. The molecule has 0 unspecified atom stereocenters. The number of carbonyl (C=O) groups is 1. The van der Waals surface area contributed by atoms with Crippen LogP contribution in [0, 0.1) is 11.3 Å². The van der Waals surface area contributed by atoms with E-state index in [1.54, 1.807) is 7.11 Å². The van der Waals surface area contributed by atoms with Crippen molar-refractivity contribution in [2.45, 2.75) is 39.0 Å². The Morgan fingerprint density at radius 1 is 1.41 bits per heavy atom. The van der Waals surface area contributed by atoms with E-state index in [9.17, 15) is 4.79 Å². The first-order valence-corrected chi connectivity index (χ1v) is 6.62. The Morgan fingerprint density at radius 3 is 2.65 bits per heavy atom. The molecule has 4 heteroatoms. The summed E-state index contributed by atoms with van der Waals surface area (Å²) in [6.07, 6.45) is 5.06. The maximum absolute atomic E-state index is 12.0. The first kappa shape index (κ1) is 14.5. The van der Waals surface area contributed by atoms with Crippen LogP contribution in [0.4, 0.5) is 0 Å². The largest absolute Gasteiger partial charge is 0.385 e. The highest BCUT2D eigenvalue weighted by Crippen LogP contribution is 2.44. The number of hydrogen-bond donors (Lipinski definition) is 2. The number of nitrogens with one attached hydrogen (secondary N) is 1. The Bertz CT molecular complexity index is 238. The minimum Gasteiger partial charge on any atom is -0.385 e. The fourth-order valence-electron chi connectivity index (χ4n) is 2.66. The van der Waals surface area contributed by atoms with Crippen molar-refractivity contribution in [3.05, 3.63) is 0 Å². The van der Waals surface area contributed by atoms with E-state index < -0.39 is 0 Å². The molecule has 0 atom stereocenters. The van der Waals surface area contributed by atoms with Gasteiger partial charge in [0.2, 0.25) is 5.91 Å². The van der Waals surface area contributed by atoms with Crippen molar-refractivity contribution in [3.8, 4) is 0 Å². The molecular formula is C13H26N2O2. The van der Waals surface area contributed by atoms with Crippen LogP contribution in [0.3, 0.4) is 0 Å². The highest BCUT2D eigenvalue weighted by molar-refractivity contribution is 5.83. The molecule has 100 valence electrons. The number of amides is 1. The highest BCUT2D eigenvalue weighted by atomic mass is 16.5. The Labute approximate surface area is 104 Å². The van der Waals surface area contributed by atoms with Crippen molar-refractivity contribution in [1.82, 2.24) is 5.32 Å². The lowest BCUT2D eigenvalue weighted by molar-refractivity contribution is -0.138. The minimum absolute atomic E-state index is 0.157. The van der Waals surface area contributed by atoms with E-state index in [-0.39, 0.29) is 11.3 Å². The molecule has 0 aromatic carbocycles. The first-order valence-electron chi connectivity index (χ1n) is 6.62. The monoisotopic (exact) mass is 242 g/mol. The molecule has 3 N–H and O–H groups in total. The van der Waals surface area contributed by atoms with Crippen LogP contribution in [0.15, 0.2) is 0 Å². The lowest BCUT2D eigenvalue weighted by Gasteiger charge is -2.44. The van der Waals surface area contributed by atoms with E-state index in [1.807, 2.05) is 0 Å². The molecule has 0 aromatic heterocycles. The van der Waals surface area contributed by atoms with Crippen LogP contribution in [0.25, 0.3) is 0 Å². The summed E-state index contributed by atoms with van der Waals surface area (Å²) in [7, 11) is 1.71. The van der Waals surface area contributed by atoms with E-state index in [4.69, 9.17) is 10.5 Å². The molecule has 0 spiro atoms. The number of carbonyl (C=O) groups excluding carboxylic acids is 1. The summed E-state index contributed by atoms with van der Waals surface area (Å²) in [5.74, 6) is 0.802. The third-order valence-electron chi connectivity index (χ3n) is 3.66. The summed E-state index contributed by atoms with van der Waals surface area (Å²) in [5.41, 5.74) is 5.47. The van der Waals surface area contributed by atoms with Crippen LogP contribution < -0.4 is 11.1 Å². The number of unbranched alkanes of at least 4 members (excludes halogenated alkanes) is 2. The molecular weight excluding hydrogens is 216 g/mol. The summed E-state index contributed by atoms with van der Waals surface area (Å²) >= 11 is 0. The molecule has 1 aliphatic carbocycles. The molecule has 1 saturated carbocycles. The maximum Gasteiger partial charge on any atom is 0.227 e. The van der Waals surface area contributed by atoms with E-state index >= 15 is 0 Å². The molecule has 1 aliphatic rings. The molecule has 0 saturated heterocycles. The summed E-state index contributed by atoms with van der Waals surface area (Å²) in [6.45, 7) is 4.22. The third-order valence-corrected chi connectivity index (χ3v) is 3.66. The van der Waals surface area contributed by atoms with Crippen LogP contribution in [0.1, 0.15) is 39.0 Å². The van der Waals surface area contributed by atoms with Gasteiger partial charge in [-0.05, 0) is 38.0 Å². The molecule has 1 rings (SSSR count). The zero-order chi connectivity index (χ0) is 12.7. The van der Waals surface area contributed by atoms with Gasteiger partial charge in [-0.2, -0.15) is 0 Å². The number of ether oxygens (including phenoxy) is 1. The molecule has 0 bridgehead atoms. The smallest absolute Gasteiger partial charge is 0.227 e. The number of rotatable bonds is 8. The molecule has 1 fully saturated rings. The van der Waals surface area contributed by atoms with Crippen molar-refractivity contribution >= 4 is 5.91 Å². The van der Waals surface area contributed by atoms with Crippen LogP contribution in [0.2, 0.25) is 0 Å². The molecule has 4 nitrogen and oxygen atoms in total. The third kappa shape index (κ3) is 3.96. The Balaban J connectivity index is 2.12. The van der Waals surface area contributed by atoms with Gasteiger partial charge in [-0.3, -0.25) is 4.79 Å². The molecule has 1 amide bonds. The predicted octanol–water partition coefficient (Wildman–Crippen LogP) is 1.29. The van der Waals surface area contributed by atoms with Gasteiger partial charge in [-0.15, -0.1) is 0 Å².